The van der Waals surface area contributed by atoms with Crippen LogP contribution in [0.2, 0.25) is 5.02 Å². The molecule has 0 radical (unpaired) electrons. The number of nitrogens with one attached hydrogen (secondary N) is 2. The highest BCUT2D eigenvalue weighted by Crippen LogP contribution is 2.27. The molecule has 6 heteroatoms. The van der Waals surface area contributed by atoms with Gasteiger partial charge in [-0.3, -0.25) is 14.5 Å². The first kappa shape index (κ1) is 22.9. The zero-order valence-electron chi connectivity index (χ0n) is 17.3. The zero-order valence-corrected chi connectivity index (χ0v) is 18.1. The van der Waals surface area contributed by atoms with E-state index in [2.05, 4.69) is 29.4 Å². The van der Waals surface area contributed by atoms with Crippen LogP contribution in [0.3, 0.4) is 0 Å². The lowest BCUT2D eigenvalue weighted by molar-refractivity contribution is -0.123. The molecular formula is C23H30ClN3O2. The average molecular weight is 416 g/mol. The van der Waals surface area contributed by atoms with E-state index in [1.54, 1.807) is 0 Å². The Labute approximate surface area is 178 Å². The van der Waals surface area contributed by atoms with E-state index >= 15 is 0 Å². The first-order valence-corrected chi connectivity index (χ1v) is 10.4. The summed E-state index contributed by atoms with van der Waals surface area (Å²) >= 11 is 6.43. The van der Waals surface area contributed by atoms with Crippen LogP contribution < -0.4 is 10.6 Å². The fourth-order valence-corrected chi connectivity index (χ4v) is 3.76. The molecule has 0 unspecified atom stereocenters. The van der Waals surface area contributed by atoms with Gasteiger partial charge in [0, 0.05) is 18.5 Å². The van der Waals surface area contributed by atoms with Gasteiger partial charge in [0.05, 0.1) is 18.5 Å². The van der Waals surface area contributed by atoms with E-state index in [9.17, 15) is 9.59 Å². The molecule has 2 N–H and O–H groups in total. The Hall–Kier alpha value is -2.37. The van der Waals surface area contributed by atoms with Gasteiger partial charge in [-0.05, 0) is 30.3 Å². The van der Waals surface area contributed by atoms with Crippen molar-refractivity contribution in [2.75, 3.05) is 19.6 Å². The molecule has 5 nitrogen and oxygen atoms in total. The quantitative estimate of drug-likeness (QED) is 0.614. The van der Waals surface area contributed by atoms with Gasteiger partial charge >= 0.3 is 0 Å². The molecule has 156 valence electrons. The van der Waals surface area contributed by atoms with E-state index in [-0.39, 0.29) is 30.3 Å². The Morgan fingerprint density at radius 3 is 2.21 bits per heavy atom. The highest BCUT2D eigenvalue weighted by Gasteiger charge is 2.22. The maximum absolute atomic E-state index is 12.7. The van der Waals surface area contributed by atoms with Gasteiger partial charge in [-0.2, -0.15) is 0 Å². The van der Waals surface area contributed by atoms with Crippen molar-refractivity contribution in [1.29, 1.82) is 0 Å². The Bertz CT molecular complexity index is 794. The molecule has 2 atom stereocenters. The fraction of sp³-hybridized carbons (Fsp3) is 0.391. The van der Waals surface area contributed by atoms with Gasteiger partial charge in [0.2, 0.25) is 11.8 Å². The topological polar surface area (TPSA) is 61.4 Å². The molecule has 0 aliphatic rings. The normalized spacial score (nSPS) is 13.0. The highest BCUT2D eigenvalue weighted by molar-refractivity contribution is 6.31. The number of carbonyl (C=O) groups excluding carboxylic acids is 2. The summed E-state index contributed by atoms with van der Waals surface area (Å²) in [6.07, 6.45) is 0.178. The molecule has 0 fully saturated rings. The second kappa shape index (κ2) is 11.6. The van der Waals surface area contributed by atoms with Gasteiger partial charge in [0.15, 0.2) is 0 Å². The summed E-state index contributed by atoms with van der Waals surface area (Å²) in [6.45, 7) is 7.80. The standard InChI is InChI=1S/C23H30ClN3O2/c1-4-27(5-2)22(19-13-9-10-14-20(19)24)16-25-23(29)15-21(26-17(3)28)18-11-7-6-8-12-18/h6-14,21-22H,4-5,15-16H2,1-3H3,(H,25,29)(H,26,28)/t21-,22-/m1/s1. The average Bonchev–Trinajstić information content (AvgIpc) is 2.71. The van der Waals surface area contributed by atoms with Crippen molar-refractivity contribution in [2.45, 2.75) is 39.3 Å². The number of hydrogen-bond acceptors (Lipinski definition) is 3. The van der Waals surface area contributed by atoms with E-state index in [1.165, 1.54) is 6.92 Å². The molecule has 29 heavy (non-hydrogen) atoms. The van der Waals surface area contributed by atoms with Crippen LogP contribution in [0.15, 0.2) is 54.6 Å². The summed E-state index contributed by atoms with van der Waals surface area (Å²) in [7, 11) is 0. The second-order valence-corrected chi connectivity index (χ2v) is 7.34. The lowest BCUT2D eigenvalue weighted by atomic mass is 10.0. The highest BCUT2D eigenvalue weighted by atomic mass is 35.5. The van der Waals surface area contributed by atoms with E-state index in [0.717, 1.165) is 24.2 Å². The summed E-state index contributed by atoms with van der Waals surface area (Å²) in [4.78, 5) is 26.6. The van der Waals surface area contributed by atoms with Crippen LogP contribution in [-0.4, -0.2) is 36.3 Å². The van der Waals surface area contributed by atoms with Crippen molar-refractivity contribution in [1.82, 2.24) is 15.5 Å². The van der Waals surface area contributed by atoms with Crippen LogP contribution in [0.1, 0.15) is 50.4 Å². The molecular weight excluding hydrogens is 386 g/mol. The molecule has 2 amide bonds. The van der Waals surface area contributed by atoms with Crippen molar-refractivity contribution in [2.24, 2.45) is 0 Å². The molecule has 0 aromatic heterocycles. The van der Waals surface area contributed by atoms with Crippen molar-refractivity contribution in [3.63, 3.8) is 0 Å². The summed E-state index contributed by atoms with van der Waals surface area (Å²) < 4.78 is 0. The van der Waals surface area contributed by atoms with E-state index in [1.807, 2.05) is 54.6 Å². The first-order chi connectivity index (χ1) is 14.0. The van der Waals surface area contributed by atoms with Gasteiger partial charge in [0.25, 0.3) is 0 Å². The minimum Gasteiger partial charge on any atom is -0.354 e. The first-order valence-electron chi connectivity index (χ1n) is 10.0. The van der Waals surface area contributed by atoms with E-state index < -0.39 is 0 Å². The van der Waals surface area contributed by atoms with Crippen molar-refractivity contribution in [3.05, 3.63) is 70.7 Å². The molecule has 0 aliphatic heterocycles. The van der Waals surface area contributed by atoms with Crippen LogP contribution in [0, 0.1) is 0 Å². The van der Waals surface area contributed by atoms with Crippen LogP contribution >= 0.6 is 11.6 Å². The van der Waals surface area contributed by atoms with E-state index in [4.69, 9.17) is 11.6 Å². The SMILES string of the molecule is CCN(CC)[C@H](CNC(=O)C[C@@H](NC(C)=O)c1ccccc1)c1ccccc1Cl. The van der Waals surface area contributed by atoms with Gasteiger partial charge in [-0.25, -0.2) is 0 Å². The molecule has 0 heterocycles. The Kier molecular flexibility index (Phi) is 9.16. The lowest BCUT2D eigenvalue weighted by Crippen LogP contribution is -2.39. The number of rotatable bonds is 10. The molecule has 0 aliphatic carbocycles. The van der Waals surface area contributed by atoms with Crippen molar-refractivity contribution < 1.29 is 9.59 Å². The molecule has 0 saturated heterocycles. The lowest BCUT2D eigenvalue weighted by Gasteiger charge is -2.31. The smallest absolute Gasteiger partial charge is 0.222 e. The third-order valence-corrected chi connectivity index (χ3v) is 5.32. The third kappa shape index (κ3) is 6.87. The summed E-state index contributed by atoms with van der Waals surface area (Å²) in [5.41, 5.74) is 1.91. The molecule has 2 aromatic carbocycles. The predicted octanol–water partition coefficient (Wildman–Crippen LogP) is 4.11. The van der Waals surface area contributed by atoms with Crippen LogP contribution in [0.25, 0.3) is 0 Å². The number of carbonyl (C=O) groups is 2. The molecule has 2 rings (SSSR count). The Morgan fingerprint density at radius 1 is 1.00 bits per heavy atom. The third-order valence-electron chi connectivity index (χ3n) is 4.98. The van der Waals surface area contributed by atoms with Crippen LogP contribution in [0.4, 0.5) is 0 Å². The number of nitrogens with zero attached hydrogens (tertiary/aromatic N) is 1. The fourth-order valence-electron chi connectivity index (χ4n) is 3.50. The number of amides is 2. The second-order valence-electron chi connectivity index (χ2n) is 6.93. The Morgan fingerprint density at radius 2 is 1.62 bits per heavy atom. The van der Waals surface area contributed by atoms with E-state index in [0.29, 0.717) is 11.6 Å². The summed E-state index contributed by atoms with van der Waals surface area (Å²) in [5.74, 6) is -0.277. The molecule has 0 bridgehead atoms. The van der Waals surface area contributed by atoms with Gasteiger partial charge in [-0.1, -0.05) is 74.0 Å². The Balaban J connectivity index is 2.10. The summed E-state index contributed by atoms with van der Waals surface area (Å²) in [5, 5.41) is 6.60. The molecule has 2 aromatic rings. The van der Waals surface area contributed by atoms with Crippen LogP contribution in [-0.2, 0) is 9.59 Å². The van der Waals surface area contributed by atoms with Gasteiger partial charge in [0.1, 0.15) is 0 Å². The van der Waals surface area contributed by atoms with Crippen molar-refractivity contribution >= 4 is 23.4 Å². The molecule has 0 saturated carbocycles. The maximum Gasteiger partial charge on any atom is 0.222 e. The van der Waals surface area contributed by atoms with Gasteiger partial charge in [-0.15, -0.1) is 0 Å². The minimum atomic E-state index is -0.360. The number of hydrogen-bond donors (Lipinski definition) is 2. The monoisotopic (exact) mass is 415 g/mol. The number of likely N-dealkylation sites (N-methyl/N-ethyl adjacent to an activating group) is 1. The van der Waals surface area contributed by atoms with Crippen LogP contribution in [0.5, 0.6) is 0 Å². The number of benzene rings is 2. The van der Waals surface area contributed by atoms with Gasteiger partial charge < -0.3 is 10.6 Å². The largest absolute Gasteiger partial charge is 0.354 e. The number of halogens is 1. The minimum absolute atomic E-state index is 0.0152. The summed E-state index contributed by atoms with van der Waals surface area (Å²) in [6, 6.07) is 16.9. The molecule has 0 spiro atoms. The maximum atomic E-state index is 12.7. The zero-order chi connectivity index (χ0) is 21.2. The van der Waals surface area contributed by atoms with Crippen molar-refractivity contribution in [3.8, 4) is 0 Å². The predicted molar refractivity (Wildman–Crippen MR) is 118 cm³/mol.